The van der Waals surface area contributed by atoms with Gasteiger partial charge < -0.3 is 10.1 Å². The molecule has 1 aromatic heterocycles. The standard InChI is InChI=1S/C11H19N3O/c1-14-11(3-6-13-14)8-12-5-2-10-4-7-15-9-10/h3,6,10,12H,2,4-5,7-9H2,1H3. The Hall–Kier alpha value is -0.870. The van der Waals surface area contributed by atoms with Crippen molar-refractivity contribution in [2.45, 2.75) is 19.4 Å². The van der Waals surface area contributed by atoms with E-state index >= 15 is 0 Å². The van der Waals surface area contributed by atoms with Gasteiger partial charge in [0.15, 0.2) is 0 Å². The smallest absolute Gasteiger partial charge is 0.0518 e. The van der Waals surface area contributed by atoms with Gasteiger partial charge in [0.25, 0.3) is 0 Å². The minimum absolute atomic E-state index is 0.768. The molecule has 1 aliphatic heterocycles. The summed E-state index contributed by atoms with van der Waals surface area (Å²) in [4.78, 5) is 0. The molecular weight excluding hydrogens is 190 g/mol. The van der Waals surface area contributed by atoms with Crippen LogP contribution in [0.5, 0.6) is 0 Å². The van der Waals surface area contributed by atoms with E-state index in [1.54, 1.807) is 0 Å². The van der Waals surface area contributed by atoms with Gasteiger partial charge in [-0.1, -0.05) is 0 Å². The molecule has 4 nitrogen and oxygen atoms in total. The predicted octanol–water partition coefficient (Wildman–Crippen LogP) is 0.936. The van der Waals surface area contributed by atoms with Crippen molar-refractivity contribution >= 4 is 0 Å². The van der Waals surface area contributed by atoms with Crippen LogP contribution in [0.2, 0.25) is 0 Å². The highest BCUT2D eigenvalue weighted by Gasteiger charge is 2.14. The van der Waals surface area contributed by atoms with E-state index in [9.17, 15) is 0 Å². The second-order valence-corrected chi connectivity index (χ2v) is 4.14. The molecule has 84 valence electrons. The average molecular weight is 209 g/mol. The van der Waals surface area contributed by atoms with Crippen molar-refractivity contribution in [3.8, 4) is 0 Å². The fourth-order valence-electron chi connectivity index (χ4n) is 1.91. The lowest BCUT2D eigenvalue weighted by atomic mass is 10.1. The van der Waals surface area contributed by atoms with Gasteiger partial charge >= 0.3 is 0 Å². The molecule has 0 aromatic carbocycles. The van der Waals surface area contributed by atoms with E-state index in [1.807, 2.05) is 24.0 Å². The van der Waals surface area contributed by atoms with E-state index in [1.165, 1.54) is 18.5 Å². The van der Waals surface area contributed by atoms with Crippen molar-refractivity contribution in [1.29, 1.82) is 0 Å². The molecule has 0 bridgehead atoms. The van der Waals surface area contributed by atoms with Crippen molar-refractivity contribution in [2.24, 2.45) is 13.0 Å². The van der Waals surface area contributed by atoms with Gasteiger partial charge in [-0.05, 0) is 31.4 Å². The Balaban J connectivity index is 1.60. The molecule has 0 aliphatic carbocycles. The predicted molar refractivity (Wildman–Crippen MR) is 58.5 cm³/mol. The van der Waals surface area contributed by atoms with Gasteiger partial charge in [0, 0.05) is 33.0 Å². The molecule has 1 atom stereocenters. The first kappa shape index (κ1) is 10.6. The Morgan fingerprint density at radius 2 is 2.60 bits per heavy atom. The van der Waals surface area contributed by atoms with Crippen molar-refractivity contribution < 1.29 is 4.74 Å². The Labute approximate surface area is 90.6 Å². The molecule has 1 unspecified atom stereocenters. The van der Waals surface area contributed by atoms with Crippen molar-refractivity contribution in [3.05, 3.63) is 18.0 Å². The quantitative estimate of drug-likeness (QED) is 0.733. The molecule has 15 heavy (non-hydrogen) atoms. The molecule has 0 spiro atoms. The zero-order chi connectivity index (χ0) is 10.5. The molecular formula is C11H19N3O. The van der Waals surface area contributed by atoms with Crippen LogP contribution in [0.25, 0.3) is 0 Å². The molecule has 2 rings (SSSR count). The van der Waals surface area contributed by atoms with Crippen LogP contribution >= 0.6 is 0 Å². The Morgan fingerprint density at radius 3 is 3.27 bits per heavy atom. The van der Waals surface area contributed by atoms with Crippen molar-refractivity contribution in [2.75, 3.05) is 19.8 Å². The van der Waals surface area contributed by atoms with E-state index < -0.39 is 0 Å². The SMILES string of the molecule is Cn1nccc1CNCCC1CCOC1. The first-order chi connectivity index (χ1) is 7.36. The van der Waals surface area contributed by atoms with Gasteiger partial charge in [0.1, 0.15) is 0 Å². The molecule has 1 aliphatic rings. The number of hydrogen-bond donors (Lipinski definition) is 1. The summed E-state index contributed by atoms with van der Waals surface area (Å²) in [6.45, 7) is 3.88. The van der Waals surface area contributed by atoms with Gasteiger partial charge in [-0.2, -0.15) is 5.10 Å². The number of rotatable bonds is 5. The van der Waals surface area contributed by atoms with Crippen LogP contribution in [0, 0.1) is 5.92 Å². The van der Waals surface area contributed by atoms with E-state index in [4.69, 9.17) is 4.74 Å². The minimum Gasteiger partial charge on any atom is -0.381 e. The number of nitrogens with zero attached hydrogens (tertiary/aromatic N) is 2. The summed E-state index contributed by atoms with van der Waals surface area (Å²) >= 11 is 0. The first-order valence-corrected chi connectivity index (χ1v) is 5.61. The monoisotopic (exact) mass is 209 g/mol. The summed E-state index contributed by atoms with van der Waals surface area (Å²) in [7, 11) is 1.97. The Bertz CT molecular complexity index is 292. The fourth-order valence-corrected chi connectivity index (χ4v) is 1.91. The molecule has 2 heterocycles. The Morgan fingerprint density at radius 1 is 1.67 bits per heavy atom. The lowest BCUT2D eigenvalue weighted by molar-refractivity contribution is 0.184. The van der Waals surface area contributed by atoms with Gasteiger partial charge in [0.05, 0.1) is 5.69 Å². The zero-order valence-corrected chi connectivity index (χ0v) is 9.28. The van der Waals surface area contributed by atoms with Crippen LogP contribution in [0.4, 0.5) is 0 Å². The maximum absolute atomic E-state index is 5.34. The number of nitrogens with one attached hydrogen (secondary N) is 1. The topological polar surface area (TPSA) is 39.1 Å². The number of aryl methyl sites for hydroxylation is 1. The van der Waals surface area contributed by atoms with E-state index in [0.29, 0.717) is 0 Å². The van der Waals surface area contributed by atoms with E-state index in [2.05, 4.69) is 10.4 Å². The normalized spacial score (nSPS) is 21.0. The second kappa shape index (κ2) is 5.28. The summed E-state index contributed by atoms with van der Waals surface area (Å²) in [5.74, 6) is 0.768. The summed E-state index contributed by atoms with van der Waals surface area (Å²) < 4.78 is 7.25. The molecule has 1 N–H and O–H groups in total. The lowest BCUT2D eigenvalue weighted by Crippen LogP contribution is -2.19. The molecule has 1 aromatic rings. The maximum atomic E-state index is 5.34. The fraction of sp³-hybridized carbons (Fsp3) is 0.727. The first-order valence-electron chi connectivity index (χ1n) is 5.61. The second-order valence-electron chi connectivity index (χ2n) is 4.14. The highest BCUT2D eigenvalue weighted by Crippen LogP contribution is 2.15. The molecule has 0 amide bonds. The maximum Gasteiger partial charge on any atom is 0.0518 e. The van der Waals surface area contributed by atoms with Gasteiger partial charge in [0.2, 0.25) is 0 Å². The third kappa shape index (κ3) is 3.04. The van der Waals surface area contributed by atoms with Crippen LogP contribution in [-0.2, 0) is 18.3 Å². The molecule has 0 radical (unpaired) electrons. The highest BCUT2D eigenvalue weighted by atomic mass is 16.5. The minimum atomic E-state index is 0.768. The van der Waals surface area contributed by atoms with E-state index in [-0.39, 0.29) is 0 Å². The summed E-state index contributed by atoms with van der Waals surface area (Å²) in [5, 5.41) is 7.57. The van der Waals surface area contributed by atoms with Gasteiger partial charge in [-0.3, -0.25) is 4.68 Å². The lowest BCUT2D eigenvalue weighted by Gasteiger charge is -2.08. The van der Waals surface area contributed by atoms with Crippen LogP contribution in [0.1, 0.15) is 18.5 Å². The third-order valence-corrected chi connectivity index (χ3v) is 2.98. The largest absolute Gasteiger partial charge is 0.381 e. The Kier molecular flexibility index (Phi) is 3.75. The van der Waals surface area contributed by atoms with E-state index in [0.717, 1.165) is 32.2 Å². The number of aromatic nitrogens is 2. The van der Waals surface area contributed by atoms with Gasteiger partial charge in [-0.15, -0.1) is 0 Å². The third-order valence-electron chi connectivity index (χ3n) is 2.98. The molecule has 0 saturated carbocycles. The van der Waals surface area contributed by atoms with Crippen LogP contribution in [-0.4, -0.2) is 29.5 Å². The van der Waals surface area contributed by atoms with Crippen LogP contribution in [0.15, 0.2) is 12.3 Å². The van der Waals surface area contributed by atoms with Crippen molar-refractivity contribution in [1.82, 2.24) is 15.1 Å². The van der Waals surface area contributed by atoms with Crippen LogP contribution in [0.3, 0.4) is 0 Å². The molecule has 1 saturated heterocycles. The summed E-state index contributed by atoms with van der Waals surface area (Å²) in [6, 6.07) is 2.05. The van der Waals surface area contributed by atoms with Gasteiger partial charge in [-0.25, -0.2) is 0 Å². The molecule has 1 fully saturated rings. The van der Waals surface area contributed by atoms with Crippen LogP contribution < -0.4 is 5.32 Å². The summed E-state index contributed by atoms with van der Waals surface area (Å²) in [6.07, 6.45) is 4.28. The number of hydrogen-bond acceptors (Lipinski definition) is 3. The summed E-state index contributed by atoms with van der Waals surface area (Å²) in [5.41, 5.74) is 1.23. The molecule has 4 heteroatoms. The van der Waals surface area contributed by atoms with Crippen molar-refractivity contribution in [3.63, 3.8) is 0 Å². The number of ether oxygens (including phenoxy) is 1. The average Bonchev–Trinajstić information content (AvgIpc) is 2.85. The zero-order valence-electron chi connectivity index (χ0n) is 9.28. The highest BCUT2D eigenvalue weighted by molar-refractivity contribution is 4.98.